The third-order valence-electron chi connectivity index (χ3n) is 12.6. The van der Waals surface area contributed by atoms with Crippen LogP contribution < -0.4 is 10.2 Å². The molecule has 0 aliphatic heterocycles. The molecule has 286 valence electrons. The molecular weight excluding hydrogens is 652 g/mol. The second-order valence-corrected chi connectivity index (χ2v) is 17.6. The molecule has 0 heterocycles. The van der Waals surface area contributed by atoms with Crippen molar-refractivity contribution in [3.63, 3.8) is 0 Å². The van der Waals surface area contributed by atoms with Gasteiger partial charge in [0.05, 0.1) is 0 Å². The molecule has 2 saturated carbocycles. The number of carbonyl (C=O) groups is 4. The summed E-state index contributed by atoms with van der Waals surface area (Å²) in [4.78, 5) is 53.4. The topological polar surface area (TPSA) is 102 Å². The molecule has 6 atom stereocenters. The first-order valence-electron chi connectivity index (χ1n) is 19.9. The number of esters is 2. The highest BCUT2D eigenvalue weighted by Gasteiger charge is 2.67. The standard InChI is InChI=1S/C44H64N2O6/c1-28(2)40(41(50)52-42(5,6)7)45-24-12-10-11-13-25-46(9)33-17-14-31(15-18-33)37-27-43(8)38(22-23-44(43,29(3)47)51-30(4)48)36-20-16-32-26-34(49)19-21-35(32)39(36)37/h14-15,17-18,26,28,36-38,40,45H,10-13,16,19-25,27H2,1-9H3/t36-,37+,38-,40-,43-,44-/m0/s1. The number of benzene rings is 1. The van der Waals surface area contributed by atoms with E-state index in [1.165, 1.54) is 34.9 Å². The molecule has 0 saturated heterocycles. The summed E-state index contributed by atoms with van der Waals surface area (Å²) < 4.78 is 11.7. The zero-order chi connectivity index (χ0) is 38.0. The Morgan fingerprint density at radius 3 is 2.31 bits per heavy atom. The molecule has 8 heteroatoms. The molecular formula is C44H64N2O6. The van der Waals surface area contributed by atoms with E-state index in [0.717, 1.165) is 70.9 Å². The minimum Gasteiger partial charge on any atom is -0.459 e. The normalized spacial score (nSPS) is 27.7. The number of ether oxygens (including phenoxy) is 2. The quantitative estimate of drug-likeness (QED) is 0.151. The zero-order valence-corrected chi connectivity index (χ0v) is 33.4. The van der Waals surface area contributed by atoms with Crippen molar-refractivity contribution in [2.45, 2.75) is 149 Å². The van der Waals surface area contributed by atoms with E-state index >= 15 is 0 Å². The zero-order valence-electron chi connectivity index (χ0n) is 33.4. The van der Waals surface area contributed by atoms with Crippen LogP contribution in [0.25, 0.3) is 0 Å². The minimum atomic E-state index is -1.11. The van der Waals surface area contributed by atoms with Crippen LogP contribution in [0.15, 0.2) is 47.1 Å². The highest BCUT2D eigenvalue weighted by molar-refractivity contribution is 5.93. The SMILES string of the molecule is CC(=O)O[C@]1(C(C)=O)CC[C@H]2[C@@H]3CCC4=CC(=O)CCC4=C3[C@@H](c3ccc(N(C)CCCCCCN[C@H](C(=O)OC(C)(C)C)C(C)C)cc3)C[C@@]21C. The van der Waals surface area contributed by atoms with E-state index in [1.807, 2.05) is 40.7 Å². The van der Waals surface area contributed by atoms with E-state index in [-0.39, 0.29) is 47.3 Å². The van der Waals surface area contributed by atoms with Gasteiger partial charge in [0.1, 0.15) is 11.6 Å². The fraction of sp³-hybridized carbons (Fsp3) is 0.682. The highest BCUT2D eigenvalue weighted by Crippen LogP contribution is 2.67. The van der Waals surface area contributed by atoms with E-state index in [2.05, 4.69) is 48.5 Å². The molecule has 4 aliphatic rings. The predicted molar refractivity (Wildman–Crippen MR) is 206 cm³/mol. The molecule has 0 aromatic heterocycles. The van der Waals surface area contributed by atoms with Crippen molar-refractivity contribution < 1.29 is 28.7 Å². The van der Waals surface area contributed by atoms with Crippen molar-refractivity contribution >= 4 is 29.2 Å². The van der Waals surface area contributed by atoms with Crippen molar-refractivity contribution in [3.05, 3.63) is 52.6 Å². The number of unbranched alkanes of at least 4 members (excludes halogenated alkanes) is 3. The third-order valence-corrected chi connectivity index (χ3v) is 12.6. The summed E-state index contributed by atoms with van der Waals surface area (Å²) in [5.74, 6) is 0.412. The number of hydrogen-bond donors (Lipinski definition) is 1. The van der Waals surface area contributed by atoms with Gasteiger partial charge in [-0.2, -0.15) is 0 Å². The second-order valence-electron chi connectivity index (χ2n) is 17.6. The maximum Gasteiger partial charge on any atom is 0.323 e. The number of rotatable bonds is 14. The lowest BCUT2D eigenvalue weighted by atomic mass is 9.50. The van der Waals surface area contributed by atoms with Crippen molar-refractivity contribution in [2.75, 3.05) is 25.0 Å². The van der Waals surface area contributed by atoms with E-state index in [0.29, 0.717) is 18.8 Å². The molecule has 0 amide bonds. The highest BCUT2D eigenvalue weighted by atomic mass is 16.6. The molecule has 2 fully saturated rings. The maximum atomic E-state index is 13.5. The van der Waals surface area contributed by atoms with Crippen LogP contribution in [-0.4, -0.2) is 60.9 Å². The molecule has 0 unspecified atom stereocenters. The van der Waals surface area contributed by atoms with Gasteiger partial charge in [-0.05, 0) is 138 Å². The number of anilines is 1. The molecule has 0 bridgehead atoms. The van der Waals surface area contributed by atoms with E-state index < -0.39 is 16.6 Å². The summed E-state index contributed by atoms with van der Waals surface area (Å²) >= 11 is 0. The monoisotopic (exact) mass is 716 g/mol. The Hall–Kier alpha value is -3.26. The van der Waals surface area contributed by atoms with Crippen molar-refractivity contribution in [3.8, 4) is 0 Å². The summed E-state index contributed by atoms with van der Waals surface area (Å²) in [7, 11) is 2.15. The van der Waals surface area contributed by atoms with Crippen LogP contribution >= 0.6 is 0 Å². The van der Waals surface area contributed by atoms with Crippen LogP contribution in [0.5, 0.6) is 0 Å². The molecule has 1 aromatic carbocycles. The molecule has 8 nitrogen and oxygen atoms in total. The number of nitrogens with zero attached hydrogens (tertiary/aromatic N) is 1. The van der Waals surface area contributed by atoms with E-state index in [9.17, 15) is 19.2 Å². The third kappa shape index (κ3) is 8.27. The van der Waals surface area contributed by atoms with Crippen LogP contribution in [0.2, 0.25) is 0 Å². The summed E-state index contributed by atoms with van der Waals surface area (Å²) in [5.41, 5.74) is 4.37. The van der Waals surface area contributed by atoms with Gasteiger partial charge >= 0.3 is 11.9 Å². The van der Waals surface area contributed by atoms with Gasteiger partial charge in [-0.3, -0.25) is 19.2 Å². The Kier molecular flexibility index (Phi) is 12.3. The molecule has 0 radical (unpaired) electrons. The second kappa shape index (κ2) is 16.0. The largest absolute Gasteiger partial charge is 0.459 e. The van der Waals surface area contributed by atoms with Crippen molar-refractivity contribution in [1.29, 1.82) is 0 Å². The van der Waals surface area contributed by atoms with E-state index in [1.54, 1.807) is 6.92 Å². The summed E-state index contributed by atoms with van der Waals surface area (Å²) in [6.07, 6.45) is 11.5. The molecule has 1 N–H and O–H groups in total. The van der Waals surface area contributed by atoms with Gasteiger partial charge in [0.25, 0.3) is 0 Å². The smallest absolute Gasteiger partial charge is 0.323 e. The Bertz CT molecular complexity index is 1570. The minimum absolute atomic E-state index is 0.0454. The van der Waals surface area contributed by atoms with Crippen molar-refractivity contribution in [1.82, 2.24) is 5.32 Å². The molecule has 4 aliphatic carbocycles. The lowest BCUT2D eigenvalue weighted by Gasteiger charge is -2.55. The van der Waals surface area contributed by atoms with Crippen LogP contribution in [-0.2, 0) is 28.7 Å². The first kappa shape index (κ1) is 39.9. The summed E-state index contributed by atoms with van der Waals surface area (Å²) in [6.45, 7) is 16.8. The lowest BCUT2D eigenvalue weighted by Crippen LogP contribution is -2.57. The van der Waals surface area contributed by atoms with Gasteiger partial charge in [0.2, 0.25) is 0 Å². The van der Waals surface area contributed by atoms with Crippen LogP contribution in [0.1, 0.15) is 138 Å². The Morgan fingerprint density at radius 1 is 0.981 bits per heavy atom. The van der Waals surface area contributed by atoms with Gasteiger partial charge < -0.3 is 19.7 Å². The lowest BCUT2D eigenvalue weighted by molar-refractivity contribution is -0.182. The van der Waals surface area contributed by atoms with Crippen LogP contribution in [0, 0.1) is 23.2 Å². The first-order chi connectivity index (χ1) is 24.5. The molecule has 52 heavy (non-hydrogen) atoms. The summed E-state index contributed by atoms with van der Waals surface area (Å²) in [5, 5.41) is 3.42. The van der Waals surface area contributed by atoms with Gasteiger partial charge in [-0.1, -0.05) is 51.3 Å². The van der Waals surface area contributed by atoms with Gasteiger partial charge in [0.15, 0.2) is 17.2 Å². The number of hydrogen-bond acceptors (Lipinski definition) is 8. The van der Waals surface area contributed by atoms with E-state index in [4.69, 9.17) is 9.47 Å². The average Bonchev–Trinajstić information content (AvgIpc) is 3.36. The van der Waals surface area contributed by atoms with Crippen molar-refractivity contribution in [2.24, 2.45) is 23.2 Å². The van der Waals surface area contributed by atoms with Crippen LogP contribution in [0.4, 0.5) is 5.69 Å². The van der Waals surface area contributed by atoms with Gasteiger partial charge in [-0.15, -0.1) is 0 Å². The number of carbonyl (C=O) groups excluding carboxylic acids is 4. The molecule has 1 aromatic rings. The number of ketones is 2. The number of Topliss-reactive ketones (excluding diaryl/α,β-unsaturated/α-hetero) is 1. The number of allylic oxidation sites excluding steroid dienone is 4. The van der Waals surface area contributed by atoms with Gasteiger partial charge in [-0.25, -0.2) is 0 Å². The predicted octanol–water partition coefficient (Wildman–Crippen LogP) is 8.43. The van der Waals surface area contributed by atoms with Crippen LogP contribution in [0.3, 0.4) is 0 Å². The Morgan fingerprint density at radius 2 is 1.67 bits per heavy atom. The maximum absolute atomic E-state index is 13.5. The summed E-state index contributed by atoms with van der Waals surface area (Å²) in [6, 6.07) is 8.67. The fourth-order valence-electron chi connectivity index (χ4n) is 10.1. The molecule has 0 spiro atoms. The average molecular weight is 717 g/mol. The molecule has 5 rings (SSSR count). The number of fused-ring (bicyclic) bond motifs is 4. The Balaban J connectivity index is 1.25. The Labute approximate surface area is 312 Å². The van der Waals surface area contributed by atoms with Gasteiger partial charge in [0, 0.05) is 44.0 Å². The first-order valence-corrected chi connectivity index (χ1v) is 19.9. The number of nitrogens with one attached hydrogen (secondary N) is 1. The fourth-order valence-corrected chi connectivity index (χ4v) is 10.1.